The van der Waals surface area contributed by atoms with Crippen molar-refractivity contribution >= 4 is 29.4 Å². The summed E-state index contributed by atoms with van der Waals surface area (Å²) < 4.78 is 15.6. The number of amides is 3. The zero-order valence-electron chi connectivity index (χ0n) is 18.4. The van der Waals surface area contributed by atoms with Crippen molar-refractivity contribution in [3.8, 4) is 5.75 Å². The van der Waals surface area contributed by atoms with Crippen LogP contribution in [0.4, 0.5) is 5.69 Å². The summed E-state index contributed by atoms with van der Waals surface area (Å²) in [7, 11) is 1.26. The summed E-state index contributed by atoms with van der Waals surface area (Å²) in [6, 6.07) is 17.1. The van der Waals surface area contributed by atoms with Crippen LogP contribution in [0, 0.1) is 0 Å². The van der Waals surface area contributed by atoms with Crippen LogP contribution in [0.15, 0.2) is 77.4 Å². The van der Waals surface area contributed by atoms with Crippen LogP contribution in [0.2, 0.25) is 0 Å². The van der Waals surface area contributed by atoms with Crippen molar-refractivity contribution in [2.24, 2.45) is 0 Å². The Hall–Kier alpha value is -4.40. The number of nitrogens with zero attached hydrogens (tertiary/aromatic N) is 2. The maximum atomic E-state index is 13.3. The Morgan fingerprint density at radius 3 is 2.41 bits per heavy atom. The maximum Gasteiger partial charge on any atom is 0.337 e. The molecule has 4 rings (SSSR count). The van der Waals surface area contributed by atoms with Gasteiger partial charge in [0, 0.05) is 0 Å². The molecule has 3 amide bonds. The molecule has 0 aliphatic carbocycles. The number of ether oxygens (including phenoxy) is 2. The fourth-order valence-electron chi connectivity index (χ4n) is 3.68. The Kier molecular flexibility index (Phi) is 6.72. The first-order chi connectivity index (χ1) is 16.5. The Balaban J connectivity index is 1.54. The molecule has 174 valence electrons. The molecule has 0 spiro atoms. The first-order valence-corrected chi connectivity index (χ1v) is 10.5. The minimum absolute atomic E-state index is 0.00277. The van der Waals surface area contributed by atoms with Gasteiger partial charge < -0.3 is 18.8 Å². The van der Waals surface area contributed by atoms with Gasteiger partial charge in [0.25, 0.3) is 11.8 Å². The van der Waals surface area contributed by atoms with Crippen molar-refractivity contribution in [1.82, 2.24) is 4.90 Å². The van der Waals surface area contributed by atoms with Crippen LogP contribution in [0.3, 0.4) is 0 Å². The van der Waals surface area contributed by atoms with E-state index in [1.54, 1.807) is 36.4 Å². The molecule has 1 unspecified atom stereocenters. The molecule has 2 aromatic carbocycles. The van der Waals surface area contributed by atoms with Crippen LogP contribution in [-0.2, 0) is 25.7 Å². The van der Waals surface area contributed by atoms with Crippen molar-refractivity contribution in [2.75, 3.05) is 18.6 Å². The van der Waals surface area contributed by atoms with E-state index in [4.69, 9.17) is 9.15 Å². The molecule has 1 fully saturated rings. The van der Waals surface area contributed by atoms with Crippen molar-refractivity contribution in [2.45, 2.75) is 19.0 Å². The van der Waals surface area contributed by atoms with Gasteiger partial charge in [0.2, 0.25) is 5.91 Å². The largest absolute Gasteiger partial charge is 0.484 e. The highest BCUT2D eigenvalue weighted by molar-refractivity contribution is 6.23. The monoisotopic (exact) mass is 462 g/mol. The smallest absolute Gasteiger partial charge is 0.337 e. The number of hydrogen-bond acceptors (Lipinski definition) is 7. The van der Waals surface area contributed by atoms with Gasteiger partial charge in [0.15, 0.2) is 6.61 Å². The maximum absolute atomic E-state index is 13.3. The van der Waals surface area contributed by atoms with Crippen LogP contribution in [0.1, 0.15) is 22.5 Å². The highest BCUT2D eigenvalue weighted by atomic mass is 16.5. The van der Waals surface area contributed by atoms with E-state index in [9.17, 15) is 19.2 Å². The summed E-state index contributed by atoms with van der Waals surface area (Å²) in [6.07, 6.45) is 1.28. The highest BCUT2D eigenvalue weighted by Gasteiger charge is 2.44. The van der Waals surface area contributed by atoms with Gasteiger partial charge in [-0.2, -0.15) is 0 Å². The fourth-order valence-corrected chi connectivity index (χ4v) is 3.68. The molecule has 34 heavy (non-hydrogen) atoms. The average Bonchev–Trinajstić information content (AvgIpc) is 3.48. The third-order valence-corrected chi connectivity index (χ3v) is 5.38. The van der Waals surface area contributed by atoms with Crippen molar-refractivity contribution in [3.63, 3.8) is 0 Å². The number of methoxy groups -OCH3 is 1. The van der Waals surface area contributed by atoms with Gasteiger partial charge >= 0.3 is 5.97 Å². The van der Waals surface area contributed by atoms with Crippen LogP contribution >= 0.6 is 0 Å². The number of imide groups is 1. The minimum Gasteiger partial charge on any atom is -0.484 e. The van der Waals surface area contributed by atoms with E-state index < -0.39 is 29.7 Å². The second kappa shape index (κ2) is 10.0. The molecule has 3 aromatic rings. The molecule has 1 atom stereocenters. The van der Waals surface area contributed by atoms with E-state index in [1.807, 2.05) is 6.07 Å². The van der Waals surface area contributed by atoms with Crippen LogP contribution in [0.25, 0.3) is 0 Å². The summed E-state index contributed by atoms with van der Waals surface area (Å²) in [6.45, 7) is -0.306. The molecule has 1 aliphatic rings. The van der Waals surface area contributed by atoms with E-state index in [2.05, 4.69) is 4.74 Å². The van der Waals surface area contributed by atoms with E-state index in [0.29, 0.717) is 17.2 Å². The lowest BCUT2D eigenvalue weighted by molar-refractivity contribution is -0.141. The third kappa shape index (κ3) is 4.83. The van der Waals surface area contributed by atoms with E-state index >= 15 is 0 Å². The predicted octanol–water partition coefficient (Wildman–Crippen LogP) is 2.81. The Labute approximate surface area is 195 Å². The molecule has 1 aliphatic heterocycles. The van der Waals surface area contributed by atoms with E-state index in [1.165, 1.54) is 42.5 Å². The Morgan fingerprint density at radius 2 is 1.76 bits per heavy atom. The van der Waals surface area contributed by atoms with Crippen molar-refractivity contribution in [3.05, 3.63) is 84.3 Å². The third-order valence-electron chi connectivity index (χ3n) is 5.38. The van der Waals surface area contributed by atoms with Gasteiger partial charge in [-0.3, -0.25) is 14.4 Å². The van der Waals surface area contributed by atoms with E-state index in [-0.39, 0.29) is 25.1 Å². The fraction of sp³-hybridized carbons (Fsp3) is 0.200. The first kappa shape index (κ1) is 22.8. The van der Waals surface area contributed by atoms with Crippen LogP contribution in [-0.4, -0.2) is 48.3 Å². The Bertz CT molecular complexity index is 1170. The molecule has 9 nitrogen and oxygen atoms in total. The number of benzene rings is 2. The predicted molar refractivity (Wildman–Crippen MR) is 120 cm³/mol. The summed E-state index contributed by atoms with van der Waals surface area (Å²) in [5.74, 6) is -1.02. The lowest BCUT2D eigenvalue weighted by atomic mass is 10.2. The summed E-state index contributed by atoms with van der Waals surface area (Å²) in [5.41, 5.74) is 0.589. The van der Waals surface area contributed by atoms with Crippen molar-refractivity contribution in [1.29, 1.82) is 0 Å². The number of rotatable bonds is 8. The highest BCUT2D eigenvalue weighted by Crippen LogP contribution is 2.27. The quantitative estimate of drug-likeness (QED) is 0.374. The SMILES string of the molecule is COC(=O)c1ccc(N2C(=O)CC(N(Cc3ccco3)C(=O)COc3ccccc3)C2=O)cc1. The Morgan fingerprint density at radius 1 is 1.03 bits per heavy atom. The minimum atomic E-state index is -1.02. The molecule has 2 heterocycles. The molecular weight excluding hydrogens is 440 g/mol. The lowest BCUT2D eigenvalue weighted by Gasteiger charge is -2.27. The number of carbonyl (C=O) groups excluding carboxylic acids is 4. The summed E-state index contributed by atoms with van der Waals surface area (Å²) in [5, 5.41) is 0. The van der Waals surface area contributed by atoms with Crippen LogP contribution < -0.4 is 9.64 Å². The molecule has 1 saturated heterocycles. The van der Waals surface area contributed by atoms with Crippen LogP contribution in [0.5, 0.6) is 5.75 Å². The number of esters is 1. The molecule has 0 radical (unpaired) electrons. The topological polar surface area (TPSA) is 106 Å². The summed E-state index contributed by atoms with van der Waals surface area (Å²) >= 11 is 0. The normalized spacial score (nSPS) is 15.3. The molecule has 0 saturated carbocycles. The molecule has 0 bridgehead atoms. The average molecular weight is 462 g/mol. The van der Waals surface area contributed by atoms with Gasteiger partial charge in [-0.25, -0.2) is 9.69 Å². The number of hydrogen-bond donors (Lipinski definition) is 0. The first-order valence-electron chi connectivity index (χ1n) is 10.5. The van der Waals surface area contributed by atoms with E-state index in [0.717, 1.165) is 4.90 Å². The number of carbonyl (C=O) groups is 4. The van der Waals surface area contributed by atoms with Gasteiger partial charge in [-0.1, -0.05) is 18.2 Å². The molecule has 9 heteroatoms. The molecule has 1 aromatic heterocycles. The zero-order valence-corrected chi connectivity index (χ0v) is 18.4. The van der Waals surface area contributed by atoms with Gasteiger partial charge in [0.05, 0.1) is 37.6 Å². The molecular formula is C25H22N2O7. The van der Waals surface area contributed by atoms with Gasteiger partial charge in [-0.15, -0.1) is 0 Å². The van der Waals surface area contributed by atoms with Gasteiger partial charge in [0.1, 0.15) is 17.6 Å². The van der Waals surface area contributed by atoms with Gasteiger partial charge in [-0.05, 0) is 48.5 Å². The zero-order chi connectivity index (χ0) is 24.1. The second-order valence-corrected chi connectivity index (χ2v) is 7.53. The summed E-state index contributed by atoms with van der Waals surface area (Å²) in [4.78, 5) is 53.2. The number of anilines is 1. The number of para-hydroxylation sites is 1. The number of furan rings is 1. The molecule has 0 N–H and O–H groups in total. The van der Waals surface area contributed by atoms with Crippen molar-refractivity contribution < 1.29 is 33.1 Å². The standard InChI is InChI=1S/C25H22N2O7/c1-32-25(31)17-9-11-18(12-10-17)27-22(28)14-21(24(27)30)26(15-20-8-5-13-33-20)23(29)16-34-19-6-3-2-4-7-19/h2-13,21H,14-16H2,1H3. The second-order valence-electron chi connectivity index (χ2n) is 7.53. The lowest BCUT2D eigenvalue weighted by Crippen LogP contribution is -2.46.